The average Bonchev–Trinajstić information content (AvgIpc) is 2.81. The molecule has 0 spiro atoms. The van der Waals surface area contributed by atoms with E-state index in [9.17, 15) is 0 Å². The molecule has 0 fully saturated rings. The second-order valence-corrected chi connectivity index (χ2v) is 7.43. The van der Waals surface area contributed by atoms with Gasteiger partial charge in [0.25, 0.3) is 0 Å². The van der Waals surface area contributed by atoms with E-state index in [2.05, 4.69) is 59.4 Å². The molecule has 3 rings (SSSR count). The van der Waals surface area contributed by atoms with Crippen LogP contribution in [-0.4, -0.2) is 0 Å². The molecule has 0 amide bonds. The van der Waals surface area contributed by atoms with Gasteiger partial charge in [0.2, 0.25) is 0 Å². The van der Waals surface area contributed by atoms with E-state index >= 15 is 0 Å². The second-order valence-electron chi connectivity index (χ2n) is 5.08. The van der Waals surface area contributed by atoms with Gasteiger partial charge < -0.3 is 5.32 Å². The first-order valence-electron chi connectivity index (χ1n) is 6.76. The summed E-state index contributed by atoms with van der Waals surface area (Å²) in [6.07, 6.45) is 0. The maximum Gasteiger partial charge on any atom is 0.0581 e. The number of fused-ring (bicyclic) bond motifs is 1. The van der Waals surface area contributed by atoms with Crippen molar-refractivity contribution < 1.29 is 0 Å². The van der Waals surface area contributed by atoms with Gasteiger partial charge in [-0.25, -0.2) is 0 Å². The van der Waals surface area contributed by atoms with Crippen molar-refractivity contribution in [3.63, 3.8) is 0 Å². The molecule has 1 unspecified atom stereocenters. The Bertz CT molecular complexity index is 797. The van der Waals surface area contributed by atoms with E-state index in [4.69, 9.17) is 11.6 Å². The normalized spacial score (nSPS) is 12.6. The van der Waals surface area contributed by atoms with Crippen molar-refractivity contribution in [2.75, 3.05) is 5.32 Å². The monoisotopic (exact) mass is 379 g/mol. The summed E-state index contributed by atoms with van der Waals surface area (Å²) in [5.41, 5.74) is 2.43. The van der Waals surface area contributed by atoms with Gasteiger partial charge in [-0.05, 0) is 65.0 Å². The number of nitrogens with one attached hydrogen (secondary N) is 1. The Balaban J connectivity index is 1.91. The molecule has 108 valence electrons. The Labute approximate surface area is 142 Å². The molecule has 0 saturated carbocycles. The molecule has 0 bridgehead atoms. The first-order chi connectivity index (χ1) is 10.1. The van der Waals surface area contributed by atoms with E-state index in [-0.39, 0.29) is 6.04 Å². The largest absolute Gasteiger partial charge is 0.378 e. The Kier molecular flexibility index (Phi) is 4.25. The quantitative estimate of drug-likeness (QED) is 0.527. The van der Waals surface area contributed by atoms with E-state index < -0.39 is 0 Å². The molecule has 2 aromatic carbocycles. The molecule has 0 aliphatic heterocycles. The third-order valence-electron chi connectivity index (χ3n) is 3.58. The molecule has 3 aromatic rings. The fraction of sp³-hybridized carbons (Fsp3) is 0.176. The summed E-state index contributed by atoms with van der Waals surface area (Å²) in [5, 5.41) is 5.63. The van der Waals surface area contributed by atoms with Crippen molar-refractivity contribution in [1.82, 2.24) is 0 Å². The van der Waals surface area contributed by atoms with Crippen molar-refractivity contribution in [2.45, 2.75) is 19.9 Å². The van der Waals surface area contributed by atoms with Gasteiger partial charge in [0.15, 0.2) is 0 Å². The lowest BCUT2D eigenvalue weighted by atomic mass is 10.1. The van der Waals surface area contributed by atoms with E-state index in [1.165, 1.54) is 20.5 Å². The smallest absolute Gasteiger partial charge is 0.0581 e. The Morgan fingerprint density at radius 3 is 2.67 bits per heavy atom. The van der Waals surface area contributed by atoms with Crippen LogP contribution in [0, 0.1) is 6.92 Å². The predicted octanol–water partition coefficient (Wildman–Crippen LogP) is 6.80. The first-order valence-corrected chi connectivity index (χ1v) is 8.74. The van der Waals surface area contributed by atoms with Gasteiger partial charge in [-0.3, -0.25) is 0 Å². The number of benzene rings is 2. The molecule has 0 aliphatic rings. The van der Waals surface area contributed by atoms with Crippen molar-refractivity contribution in [2.24, 2.45) is 0 Å². The lowest BCUT2D eigenvalue weighted by Gasteiger charge is -2.15. The van der Waals surface area contributed by atoms with Gasteiger partial charge >= 0.3 is 0 Å². The van der Waals surface area contributed by atoms with E-state index in [0.717, 1.165) is 15.2 Å². The molecule has 0 aliphatic carbocycles. The van der Waals surface area contributed by atoms with Crippen LogP contribution in [0.15, 0.2) is 46.9 Å². The van der Waals surface area contributed by atoms with Crippen LogP contribution < -0.4 is 5.32 Å². The zero-order chi connectivity index (χ0) is 15.0. The first kappa shape index (κ1) is 14.9. The number of rotatable bonds is 3. The molecule has 0 radical (unpaired) electrons. The molecule has 1 N–H and O–H groups in total. The molecule has 21 heavy (non-hydrogen) atoms. The fourth-order valence-electron chi connectivity index (χ4n) is 2.51. The Morgan fingerprint density at radius 2 is 1.95 bits per heavy atom. The van der Waals surface area contributed by atoms with Crippen LogP contribution in [0.25, 0.3) is 10.1 Å². The van der Waals surface area contributed by atoms with Gasteiger partial charge in [-0.2, -0.15) is 0 Å². The summed E-state index contributed by atoms with van der Waals surface area (Å²) < 4.78 is 2.25. The van der Waals surface area contributed by atoms with Crippen LogP contribution in [0.2, 0.25) is 5.02 Å². The van der Waals surface area contributed by atoms with Gasteiger partial charge in [0.1, 0.15) is 0 Å². The summed E-state index contributed by atoms with van der Waals surface area (Å²) in [7, 11) is 0. The average molecular weight is 381 g/mol. The number of anilines is 1. The number of halogens is 2. The minimum absolute atomic E-state index is 0.260. The second kappa shape index (κ2) is 5.99. The summed E-state index contributed by atoms with van der Waals surface area (Å²) in [6, 6.07) is 14.7. The number of hydrogen-bond donors (Lipinski definition) is 1. The van der Waals surface area contributed by atoms with E-state index in [1.54, 1.807) is 0 Å². The third kappa shape index (κ3) is 2.96. The molecule has 1 heterocycles. The summed E-state index contributed by atoms with van der Waals surface area (Å²) in [5.74, 6) is 0. The molecule has 1 aromatic heterocycles. The fourth-order valence-corrected chi connectivity index (χ4v) is 4.22. The minimum Gasteiger partial charge on any atom is -0.378 e. The summed E-state index contributed by atoms with van der Waals surface area (Å²) in [6.45, 7) is 4.39. The van der Waals surface area contributed by atoms with Gasteiger partial charge in [0, 0.05) is 19.7 Å². The lowest BCUT2D eigenvalue weighted by Crippen LogP contribution is -2.05. The number of hydrogen-bond acceptors (Lipinski definition) is 2. The molecule has 0 saturated heterocycles. The SMILES string of the molecule is Cc1c(C(C)Nc2ccc(Cl)c(Br)c2)sc2ccccc12. The summed E-state index contributed by atoms with van der Waals surface area (Å²) in [4.78, 5) is 1.38. The van der Waals surface area contributed by atoms with Gasteiger partial charge in [-0.1, -0.05) is 29.8 Å². The van der Waals surface area contributed by atoms with Crippen LogP contribution >= 0.6 is 38.9 Å². The zero-order valence-corrected chi connectivity index (χ0v) is 14.9. The highest BCUT2D eigenvalue weighted by Crippen LogP contribution is 2.36. The molecule has 1 atom stereocenters. The molecule has 4 heteroatoms. The van der Waals surface area contributed by atoms with Crippen LogP contribution in [0.3, 0.4) is 0 Å². The van der Waals surface area contributed by atoms with Crippen molar-refractivity contribution in [3.05, 3.63) is 62.4 Å². The highest BCUT2D eigenvalue weighted by molar-refractivity contribution is 9.10. The number of thiophene rings is 1. The number of aryl methyl sites for hydroxylation is 1. The van der Waals surface area contributed by atoms with Crippen molar-refractivity contribution in [3.8, 4) is 0 Å². The standard InChI is InChI=1S/C17H15BrClNS/c1-10-13-5-3-4-6-16(13)21-17(10)11(2)20-12-7-8-15(19)14(18)9-12/h3-9,11,20H,1-2H3. The minimum atomic E-state index is 0.260. The van der Waals surface area contributed by atoms with Crippen molar-refractivity contribution in [1.29, 1.82) is 0 Å². The third-order valence-corrected chi connectivity index (χ3v) is 6.25. The maximum absolute atomic E-state index is 6.04. The highest BCUT2D eigenvalue weighted by atomic mass is 79.9. The van der Waals surface area contributed by atoms with Gasteiger partial charge in [0.05, 0.1) is 11.1 Å². The van der Waals surface area contributed by atoms with Crippen molar-refractivity contribution >= 4 is 54.6 Å². The van der Waals surface area contributed by atoms with E-state index in [0.29, 0.717) is 0 Å². The highest BCUT2D eigenvalue weighted by Gasteiger charge is 2.14. The zero-order valence-electron chi connectivity index (χ0n) is 11.8. The molecular weight excluding hydrogens is 366 g/mol. The van der Waals surface area contributed by atoms with Gasteiger partial charge in [-0.15, -0.1) is 11.3 Å². The predicted molar refractivity (Wildman–Crippen MR) is 97.8 cm³/mol. The van der Waals surface area contributed by atoms with Crippen LogP contribution in [0.5, 0.6) is 0 Å². The topological polar surface area (TPSA) is 12.0 Å². The van der Waals surface area contributed by atoms with E-state index in [1.807, 2.05) is 29.5 Å². The maximum atomic E-state index is 6.04. The van der Waals surface area contributed by atoms with Crippen LogP contribution in [0.1, 0.15) is 23.4 Å². The van der Waals surface area contributed by atoms with Crippen LogP contribution in [-0.2, 0) is 0 Å². The lowest BCUT2D eigenvalue weighted by molar-refractivity contribution is 0.900. The Morgan fingerprint density at radius 1 is 1.19 bits per heavy atom. The molecule has 1 nitrogen and oxygen atoms in total. The molecular formula is C17H15BrClNS. The van der Waals surface area contributed by atoms with Crippen LogP contribution in [0.4, 0.5) is 5.69 Å². The Hall–Kier alpha value is -1.03. The summed E-state index contributed by atoms with van der Waals surface area (Å²) >= 11 is 11.4.